The van der Waals surface area contributed by atoms with Crippen LogP contribution in [0.25, 0.3) is 27.5 Å². The highest BCUT2D eigenvalue weighted by Crippen LogP contribution is 2.25. The molecular weight excluding hydrogens is 470 g/mol. The summed E-state index contributed by atoms with van der Waals surface area (Å²) in [5.74, 6) is 0.435. The molecule has 0 saturated carbocycles. The van der Waals surface area contributed by atoms with Crippen molar-refractivity contribution in [3.05, 3.63) is 90.0 Å². The fourth-order valence-corrected chi connectivity index (χ4v) is 4.15. The molecule has 36 heavy (non-hydrogen) atoms. The number of rotatable bonds is 6. The van der Waals surface area contributed by atoms with Crippen LogP contribution in [0.3, 0.4) is 0 Å². The summed E-state index contributed by atoms with van der Waals surface area (Å²) in [6.45, 7) is 4.64. The van der Waals surface area contributed by atoms with Gasteiger partial charge in [0.05, 0.1) is 12.3 Å². The van der Waals surface area contributed by atoms with E-state index in [0.29, 0.717) is 17.7 Å². The zero-order chi connectivity index (χ0) is 25.1. The lowest BCUT2D eigenvalue weighted by Gasteiger charge is -2.12. The van der Waals surface area contributed by atoms with Crippen molar-refractivity contribution in [2.45, 2.75) is 20.3 Å². The predicted octanol–water partition coefficient (Wildman–Crippen LogP) is 5.80. The van der Waals surface area contributed by atoms with E-state index in [2.05, 4.69) is 28.8 Å². The number of fused-ring (bicyclic) bond motifs is 2. The number of anilines is 1. The number of thiocarbonyl (C=S) groups is 1. The summed E-state index contributed by atoms with van der Waals surface area (Å²) < 4.78 is 5.57. The number of nitrogens with one attached hydrogen (secondary N) is 2. The highest BCUT2D eigenvalue weighted by Gasteiger charge is 2.13. The van der Waals surface area contributed by atoms with E-state index in [4.69, 9.17) is 27.2 Å². The molecule has 1 amide bonds. The lowest BCUT2D eigenvalue weighted by atomic mass is 10.1. The van der Waals surface area contributed by atoms with Gasteiger partial charge in [-0.15, -0.1) is 15.0 Å². The Morgan fingerprint density at radius 3 is 2.47 bits per heavy atom. The predicted molar refractivity (Wildman–Crippen MR) is 147 cm³/mol. The molecule has 180 valence electrons. The minimum atomic E-state index is -0.296. The molecule has 5 rings (SSSR count). The second-order valence-corrected chi connectivity index (χ2v) is 8.83. The van der Waals surface area contributed by atoms with E-state index < -0.39 is 0 Å². The van der Waals surface area contributed by atoms with Gasteiger partial charge in [-0.25, -0.2) is 0 Å². The first-order chi connectivity index (χ1) is 17.5. The highest BCUT2D eigenvalue weighted by atomic mass is 32.1. The van der Waals surface area contributed by atoms with E-state index in [1.165, 1.54) is 0 Å². The van der Waals surface area contributed by atoms with Gasteiger partial charge in [0.1, 0.15) is 16.8 Å². The SMILES string of the molecule is CCCOc1ccc(C(=O)NC(=S)Nc2cc3nn(-c4cccc5ccccc45)nc3cc2C)cc1. The van der Waals surface area contributed by atoms with Crippen molar-refractivity contribution in [1.29, 1.82) is 0 Å². The average Bonchev–Trinajstić information content (AvgIpc) is 3.30. The van der Waals surface area contributed by atoms with Crippen LogP contribution in [-0.4, -0.2) is 32.6 Å². The lowest BCUT2D eigenvalue weighted by molar-refractivity contribution is 0.0977. The van der Waals surface area contributed by atoms with E-state index in [1.807, 2.05) is 50.2 Å². The summed E-state index contributed by atoms with van der Waals surface area (Å²) in [5, 5.41) is 17.6. The van der Waals surface area contributed by atoms with Crippen LogP contribution in [0, 0.1) is 6.92 Å². The number of aromatic nitrogens is 3. The van der Waals surface area contributed by atoms with Gasteiger partial charge in [0, 0.05) is 16.6 Å². The summed E-state index contributed by atoms with van der Waals surface area (Å²) in [4.78, 5) is 14.3. The third kappa shape index (κ3) is 4.89. The van der Waals surface area contributed by atoms with Crippen LogP contribution in [-0.2, 0) is 0 Å². The largest absolute Gasteiger partial charge is 0.494 e. The molecule has 0 bridgehead atoms. The van der Waals surface area contributed by atoms with Crippen LogP contribution >= 0.6 is 12.2 Å². The maximum atomic E-state index is 12.6. The van der Waals surface area contributed by atoms with Gasteiger partial charge in [-0.2, -0.15) is 0 Å². The topological polar surface area (TPSA) is 81.1 Å². The van der Waals surface area contributed by atoms with Crippen LogP contribution in [0.2, 0.25) is 0 Å². The molecule has 7 nitrogen and oxygen atoms in total. The Bertz CT molecular complexity index is 1570. The van der Waals surface area contributed by atoms with Crippen molar-refractivity contribution >= 4 is 50.7 Å². The number of carbonyl (C=O) groups excluding carboxylic acids is 1. The number of hydrogen-bond donors (Lipinski definition) is 2. The molecule has 0 radical (unpaired) electrons. The third-order valence-electron chi connectivity index (χ3n) is 5.77. The summed E-state index contributed by atoms with van der Waals surface area (Å²) in [6, 6.07) is 25.0. The molecule has 8 heteroatoms. The maximum Gasteiger partial charge on any atom is 0.257 e. The van der Waals surface area contributed by atoms with Gasteiger partial charge in [0.15, 0.2) is 5.11 Å². The van der Waals surface area contributed by atoms with Gasteiger partial charge in [-0.3, -0.25) is 10.1 Å². The number of hydrogen-bond acceptors (Lipinski definition) is 5. The molecule has 2 N–H and O–H groups in total. The molecule has 5 aromatic rings. The number of nitrogens with zero attached hydrogens (tertiary/aromatic N) is 3. The average molecular weight is 496 g/mol. The van der Waals surface area contributed by atoms with Gasteiger partial charge in [0.25, 0.3) is 5.91 Å². The van der Waals surface area contributed by atoms with Gasteiger partial charge >= 0.3 is 0 Å². The Kier molecular flexibility index (Phi) is 6.60. The second-order valence-electron chi connectivity index (χ2n) is 8.42. The number of ether oxygens (including phenoxy) is 1. The molecule has 0 unspecified atom stereocenters. The van der Waals surface area contributed by atoms with Gasteiger partial charge in [-0.05, 0) is 79.0 Å². The summed E-state index contributed by atoms with van der Waals surface area (Å²) in [5.41, 5.74) is 4.57. The third-order valence-corrected chi connectivity index (χ3v) is 5.98. The molecule has 1 heterocycles. The van der Waals surface area contributed by atoms with E-state index in [-0.39, 0.29) is 11.0 Å². The molecular formula is C28H25N5O2S. The van der Waals surface area contributed by atoms with Gasteiger partial charge in [0.2, 0.25) is 0 Å². The lowest BCUT2D eigenvalue weighted by Crippen LogP contribution is -2.34. The Labute approximate surface area is 214 Å². The van der Waals surface area contributed by atoms with Gasteiger partial charge < -0.3 is 10.1 Å². The summed E-state index contributed by atoms with van der Waals surface area (Å²) in [7, 11) is 0. The van der Waals surface area contributed by atoms with E-state index in [9.17, 15) is 4.79 Å². The second kappa shape index (κ2) is 10.1. The Morgan fingerprint density at radius 2 is 1.69 bits per heavy atom. The molecule has 1 aromatic heterocycles. The van der Waals surface area contributed by atoms with Crippen molar-refractivity contribution in [3.63, 3.8) is 0 Å². The number of aryl methyl sites for hydroxylation is 1. The minimum absolute atomic E-state index is 0.204. The molecule has 0 aliphatic heterocycles. The molecule has 4 aromatic carbocycles. The number of carbonyl (C=O) groups is 1. The fraction of sp³-hybridized carbons (Fsp3) is 0.143. The van der Waals surface area contributed by atoms with Crippen LogP contribution in [0.4, 0.5) is 5.69 Å². The van der Waals surface area contributed by atoms with Crippen LogP contribution in [0.5, 0.6) is 5.75 Å². The molecule has 0 saturated heterocycles. The summed E-state index contributed by atoms with van der Waals surface area (Å²) in [6.07, 6.45) is 0.923. The molecule has 0 aliphatic carbocycles. The smallest absolute Gasteiger partial charge is 0.257 e. The Morgan fingerprint density at radius 1 is 0.972 bits per heavy atom. The van der Waals surface area contributed by atoms with Gasteiger partial charge in [-0.1, -0.05) is 43.3 Å². The first kappa shape index (κ1) is 23.4. The van der Waals surface area contributed by atoms with E-state index in [1.54, 1.807) is 29.1 Å². The zero-order valence-corrected chi connectivity index (χ0v) is 20.8. The number of benzene rings is 4. The Hall–Kier alpha value is -4.30. The standard InChI is InChI=1S/C28H25N5O2S/c1-3-15-35-21-13-11-20(12-14-21)27(34)30-28(36)29-23-17-25-24(16-18(23)2)31-33(32-25)26-10-6-8-19-7-4-5-9-22(19)26/h4-14,16-17H,3,15H2,1-2H3,(H2,29,30,34,36). The fourth-order valence-electron chi connectivity index (χ4n) is 3.94. The number of amides is 1. The molecule has 0 aliphatic rings. The first-order valence-corrected chi connectivity index (χ1v) is 12.1. The van der Waals surface area contributed by atoms with E-state index in [0.717, 1.165) is 45.4 Å². The molecule has 0 spiro atoms. The summed E-state index contributed by atoms with van der Waals surface area (Å²) >= 11 is 5.40. The highest BCUT2D eigenvalue weighted by molar-refractivity contribution is 7.80. The minimum Gasteiger partial charge on any atom is -0.494 e. The van der Waals surface area contributed by atoms with Crippen LogP contribution in [0.1, 0.15) is 29.3 Å². The zero-order valence-electron chi connectivity index (χ0n) is 20.0. The van der Waals surface area contributed by atoms with Crippen molar-refractivity contribution in [2.24, 2.45) is 0 Å². The quantitative estimate of drug-likeness (QED) is 0.290. The maximum absolute atomic E-state index is 12.6. The molecule has 0 fully saturated rings. The van der Waals surface area contributed by atoms with E-state index >= 15 is 0 Å². The van der Waals surface area contributed by atoms with Crippen LogP contribution in [0.15, 0.2) is 78.9 Å². The van der Waals surface area contributed by atoms with Crippen molar-refractivity contribution < 1.29 is 9.53 Å². The molecule has 0 atom stereocenters. The van der Waals surface area contributed by atoms with Crippen LogP contribution < -0.4 is 15.4 Å². The van der Waals surface area contributed by atoms with Crippen molar-refractivity contribution in [1.82, 2.24) is 20.3 Å². The Balaban J connectivity index is 1.33. The monoisotopic (exact) mass is 495 g/mol. The first-order valence-electron chi connectivity index (χ1n) is 11.7. The van der Waals surface area contributed by atoms with Crippen molar-refractivity contribution in [3.8, 4) is 11.4 Å². The normalized spacial score (nSPS) is 10.9. The van der Waals surface area contributed by atoms with Crippen molar-refractivity contribution in [2.75, 3.05) is 11.9 Å².